The number of hydrogen-bond donors (Lipinski definition) is 1. The van der Waals surface area contributed by atoms with Gasteiger partial charge < -0.3 is 5.32 Å². The van der Waals surface area contributed by atoms with Crippen molar-refractivity contribution >= 4 is 17.5 Å². The first kappa shape index (κ1) is 13.6. The van der Waals surface area contributed by atoms with E-state index in [0.29, 0.717) is 12.1 Å². The number of pyridine rings is 1. The van der Waals surface area contributed by atoms with Crippen LogP contribution < -0.4 is 5.32 Å². The van der Waals surface area contributed by atoms with Gasteiger partial charge in [0.2, 0.25) is 0 Å². The molecule has 1 aromatic carbocycles. The highest BCUT2D eigenvalue weighted by molar-refractivity contribution is 6.31. The van der Waals surface area contributed by atoms with Gasteiger partial charge in [0.25, 0.3) is 5.91 Å². The molecule has 1 heterocycles. The van der Waals surface area contributed by atoms with Gasteiger partial charge in [-0.15, -0.1) is 0 Å². The van der Waals surface area contributed by atoms with Gasteiger partial charge in [0.15, 0.2) is 0 Å². The second kappa shape index (κ2) is 6.34. The fourth-order valence-electron chi connectivity index (χ4n) is 1.84. The van der Waals surface area contributed by atoms with Crippen LogP contribution in [0.15, 0.2) is 48.7 Å². The average Bonchev–Trinajstić information content (AvgIpc) is 2.42. The molecule has 0 bridgehead atoms. The molecule has 19 heavy (non-hydrogen) atoms. The SMILES string of the molecule is C[C@H](Cc1ccccc1Cl)NC(=O)c1ccccn1. The van der Waals surface area contributed by atoms with Gasteiger partial charge in [0.05, 0.1) is 0 Å². The van der Waals surface area contributed by atoms with Gasteiger partial charge in [-0.25, -0.2) is 0 Å². The topological polar surface area (TPSA) is 42.0 Å². The molecule has 0 aliphatic rings. The van der Waals surface area contributed by atoms with Crippen LogP contribution >= 0.6 is 11.6 Å². The Hall–Kier alpha value is -1.87. The third kappa shape index (κ3) is 3.80. The monoisotopic (exact) mass is 274 g/mol. The largest absolute Gasteiger partial charge is 0.348 e. The lowest BCUT2D eigenvalue weighted by atomic mass is 10.1. The maximum atomic E-state index is 11.9. The van der Waals surface area contributed by atoms with Crippen molar-refractivity contribution in [1.29, 1.82) is 0 Å². The van der Waals surface area contributed by atoms with E-state index in [4.69, 9.17) is 11.6 Å². The molecule has 98 valence electrons. The Morgan fingerprint density at radius 2 is 2.00 bits per heavy atom. The highest BCUT2D eigenvalue weighted by Crippen LogP contribution is 2.16. The first-order chi connectivity index (χ1) is 9.16. The molecule has 1 atom stereocenters. The Morgan fingerprint density at radius 1 is 1.26 bits per heavy atom. The molecule has 0 saturated heterocycles. The molecule has 1 amide bonds. The zero-order chi connectivity index (χ0) is 13.7. The fourth-order valence-corrected chi connectivity index (χ4v) is 2.05. The summed E-state index contributed by atoms with van der Waals surface area (Å²) in [5, 5.41) is 3.64. The first-order valence-electron chi connectivity index (χ1n) is 6.12. The molecule has 1 aromatic heterocycles. The summed E-state index contributed by atoms with van der Waals surface area (Å²) in [4.78, 5) is 15.9. The lowest BCUT2D eigenvalue weighted by Crippen LogP contribution is -2.34. The van der Waals surface area contributed by atoms with Crippen molar-refractivity contribution in [2.24, 2.45) is 0 Å². The van der Waals surface area contributed by atoms with Gasteiger partial charge in [-0.3, -0.25) is 9.78 Å². The minimum Gasteiger partial charge on any atom is -0.348 e. The first-order valence-corrected chi connectivity index (χ1v) is 6.50. The lowest BCUT2D eigenvalue weighted by Gasteiger charge is -2.14. The summed E-state index contributed by atoms with van der Waals surface area (Å²) in [5.41, 5.74) is 1.45. The summed E-state index contributed by atoms with van der Waals surface area (Å²) in [7, 11) is 0. The number of halogens is 1. The maximum Gasteiger partial charge on any atom is 0.270 e. The van der Waals surface area contributed by atoms with Crippen molar-refractivity contribution in [1.82, 2.24) is 10.3 Å². The molecule has 2 rings (SSSR count). The maximum absolute atomic E-state index is 11.9. The normalized spacial score (nSPS) is 11.9. The van der Waals surface area contributed by atoms with Crippen LogP contribution in [0, 0.1) is 0 Å². The molecule has 0 saturated carbocycles. The number of carbonyl (C=O) groups excluding carboxylic acids is 1. The number of nitrogens with zero attached hydrogens (tertiary/aromatic N) is 1. The number of amides is 1. The second-order valence-electron chi connectivity index (χ2n) is 4.39. The number of nitrogens with one attached hydrogen (secondary N) is 1. The number of rotatable bonds is 4. The number of aromatic nitrogens is 1. The Morgan fingerprint density at radius 3 is 2.68 bits per heavy atom. The third-order valence-electron chi connectivity index (χ3n) is 2.76. The summed E-state index contributed by atoms with van der Waals surface area (Å²) in [5.74, 6) is -0.167. The van der Waals surface area contributed by atoms with E-state index in [1.807, 2.05) is 31.2 Å². The fraction of sp³-hybridized carbons (Fsp3) is 0.200. The van der Waals surface area contributed by atoms with Gasteiger partial charge in [0.1, 0.15) is 5.69 Å². The zero-order valence-corrected chi connectivity index (χ0v) is 11.4. The number of hydrogen-bond acceptors (Lipinski definition) is 2. The summed E-state index contributed by atoms with van der Waals surface area (Å²) in [6.45, 7) is 1.95. The minimum atomic E-state index is -0.167. The van der Waals surface area contributed by atoms with Crippen LogP contribution in [0.5, 0.6) is 0 Å². The molecule has 0 fully saturated rings. The van der Waals surface area contributed by atoms with E-state index in [2.05, 4.69) is 10.3 Å². The number of benzene rings is 1. The second-order valence-corrected chi connectivity index (χ2v) is 4.79. The van der Waals surface area contributed by atoms with Crippen LogP contribution in [0.2, 0.25) is 5.02 Å². The van der Waals surface area contributed by atoms with E-state index in [-0.39, 0.29) is 11.9 Å². The van der Waals surface area contributed by atoms with E-state index < -0.39 is 0 Å². The molecular weight excluding hydrogens is 260 g/mol. The molecule has 1 N–H and O–H groups in total. The van der Waals surface area contributed by atoms with Crippen molar-refractivity contribution in [2.75, 3.05) is 0 Å². The van der Waals surface area contributed by atoms with Crippen molar-refractivity contribution < 1.29 is 4.79 Å². The van der Waals surface area contributed by atoms with Crippen LogP contribution in [0.4, 0.5) is 0 Å². The van der Waals surface area contributed by atoms with Gasteiger partial charge in [-0.05, 0) is 37.1 Å². The molecule has 0 aliphatic carbocycles. The van der Waals surface area contributed by atoms with Crippen molar-refractivity contribution in [2.45, 2.75) is 19.4 Å². The lowest BCUT2D eigenvalue weighted by molar-refractivity contribution is 0.0935. The van der Waals surface area contributed by atoms with E-state index in [9.17, 15) is 4.79 Å². The molecule has 4 heteroatoms. The quantitative estimate of drug-likeness (QED) is 0.931. The average molecular weight is 275 g/mol. The van der Waals surface area contributed by atoms with E-state index in [0.717, 1.165) is 10.6 Å². The molecule has 0 unspecified atom stereocenters. The van der Waals surface area contributed by atoms with Crippen LogP contribution in [0.1, 0.15) is 23.0 Å². The Bertz CT molecular complexity index is 557. The summed E-state index contributed by atoms with van der Waals surface area (Å²) in [6.07, 6.45) is 2.30. The summed E-state index contributed by atoms with van der Waals surface area (Å²) >= 11 is 6.10. The van der Waals surface area contributed by atoms with Crippen LogP contribution in [0.25, 0.3) is 0 Å². The van der Waals surface area contributed by atoms with Gasteiger partial charge in [0, 0.05) is 17.3 Å². The molecule has 0 aliphatic heterocycles. The van der Waals surface area contributed by atoms with Crippen LogP contribution in [-0.2, 0) is 6.42 Å². The van der Waals surface area contributed by atoms with Crippen molar-refractivity contribution in [3.63, 3.8) is 0 Å². The predicted octanol–water partition coefficient (Wildman–Crippen LogP) is 3.10. The van der Waals surface area contributed by atoms with Crippen molar-refractivity contribution in [3.8, 4) is 0 Å². The van der Waals surface area contributed by atoms with E-state index >= 15 is 0 Å². The predicted molar refractivity (Wildman–Crippen MR) is 76.3 cm³/mol. The highest BCUT2D eigenvalue weighted by atomic mass is 35.5. The Labute approximate surface area is 117 Å². The van der Waals surface area contributed by atoms with Gasteiger partial charge in [-0.1, -0.05) is 35.9 Å². The van der Waals surface area contributed by atoms with Gasteiger partial charge >= 0.3 is 0 Å². The van der Waals surface area contributed by atoms with E-state index in [1.54, 1.807) is 24.4 Å². The molecule has 0 spiro atoms. The standard InChI is InChI=1S/C15H15ClN2O/c1-11(10-12-6-2-3-7-13(12)16)18-15(19)14-8-4-5-9-17-14/h2-9,11H,10H2,1H3,(H,18,19)/t11-/m1/s1. The summed E-state index contributed by atoms with van der Waals surface area (Å²) in [6, 6.07) is 12.9. The minimum absolute atomic E-state index is 0.00518. The molecule has 2 aromatic rings. The zero-order valence-electron chi connectivity index (χ0n) is 10.6. The van der Waals surface area contributed by atoms with Crippen molar-refractivity contribution in [3.05, 3.63) is 64.9 Å². The highest BCUT2D eigenvalue weighted by Gasteiger charge is 2.12. The van der Waals surface area contributed by atoms with Crippen LogP contribution in [0.3, 0.4) is 0 Å². The van der Waals surface area contributed by atoms with Gasteiger partial charge in [-0.2, -0.15) is 0 Å². The molecule has 3 nitrogen and oxygen atoms in total. The Balaban J connectivity index is 1.97. The van der Waals surface area contributed by atoms with E-state index in [1.165, 1.54) is 0 Å². The third-order valence-corrected chi connectivity index (χ3v) is 3.13. The number of carbonyl (C=O) groups is 1. The van der Waals surface area contributed by atoms with Crippen LogP contribution in [-0.4, -0.2) is 16.9 Å². The Kier molecular flexibility index (Phi) is 4.53. The molecular formula is C15H15ClN2O. The summed E-state index contributed by atoms with van der Waals surface area (Å²) < 4.78 is 0. The smallest absolute Gasteiger partial charge is 0.270 e. The molecule has 0 radical (unpaired) electrons.